The molecule has 6 rings (SSSR count). The summed E-state index contributed by atoms with van der Waals surface area (Å²) in [6.45, 7) is 4.23. The van der Waals surface area contributed by atoms with Crippen LogP contribution in [-0.4, -0.2) is 68.6 Å². The van der Waals surface area contributed by atoms with E-state index in [9.17, 15) is 19.2 Å². The normalized spacial score (nSPS) is 34.7. The molecular formula is C22H22N4O4S2. The number of hydrazine groups is 1. The number of nitrogens with zero attached hydrogens (tertiary/aromatic N) is 4. The molecule has 2 aromatic rings. The van der Waals surface area contributed by atoms with Crippen molar-refractivity contribution < 1.29 is 19.2 Å². The van der Waals surface area contributed by atoms with Gasteiger partial charge in [0.2, 0.25) is 23.6 Å². The number of likely N-dealkylation sites (N-methyl/N-ethyl adjacent to an activating group) is 2. The van der Waals surface area contributed by atoms with Crippen LogP contribution in [0, 0.1) is 11.8 Å². The molecule has 0 aromatic carbocycles. The number of fused-ring (bicyclic) bond motifs is 5. The Hall–Kier alpha value is -2.40. The number of amides is 4. The second kappa shape index (κ2) is 7.05. The van der Waals surface area contributed by atoms with E-state index in [1.165, 1.54) is 32.5 Å². The summed E-state index contributed by atoms with van der Waals surface area (Å²) in [5.41, 5.74) is 0. The molecule has 0 spiro atoms. The van der Waals surface area contributed by atoms with Crippen molar-refractivity contribution in [2.75, 3.05) is 13.1 Å². The summed E-state index contributed by atoms with van der Waals surface area (Å²) in [6.07, 6.45) is 0. The van der Waals surface area contributed by atoms with Gasteiger partial charge in [-0.2, -0.15) is 0 Å². The van der Waals surface area contributed by atoms with Crippen molar-refractivity contribution in [1.82, 2.24) is 19.8 Å². The minimum Gasteiger partial charge on any atom is -0.281 e. The van der Waals surface area contributed by atoms with Crippen molar-refractivity contribution in [2.45, 2.75) is 38.0 Å². The highest BCUT2D eigenvalue weighted by atomic mass is 32.1. The predicted molar refractivity (Wildman–Crippen MR) is 117 cm³/mol. The van der Waals surface area contributed by atoms with Crippen LogP contribution in [0.25, 0.3) is 0 Å². The zero-order valence-corrected chi connectivity index (χ0v) is 19.2. The highest BCUT2D eigenvalue weighted by molar-refractivity contribution is 7.10. The van der Waals surface area contributed by atoms with Crippen molar-refractivity contribution in [2.24, 2.45) is 11.8 Å². The summed E-state index contributed by atoms with van der Waals surface area (Å²) in [7, 11) is 0. The predicted octanol–water partition coefficient (Wildman–Crippen LogP) is 1.89. The maximum absolute atomic E-state index is 13.5. The summed E-state index contributed by atoms with van der Waals surface area (Å²) in [5, 5.41) is 7.73. The third-order valence-electron chi connectivity index (χ3n) is 7.21. The van der Waals surface area contributed by atoms with Gasteiger partial charge in [0.1, 0.15) is 12.1 Å². The second-order valence-electron chi connectivity index (χ2n) is 8.46. The lowest BCUT2D eigenvalue weighted by atomic mass is 9.88. The molecule has 0 radical (unpaired) electrons. The molecule has 8 nitrogen and oxygen atoms in total. The number of rotatable bonds is 4. The van der Waals surface area contributed by atoms with Gasteiger partial charge in [-0.05, 0) is 36.7 Å². The second-order valence-corrected chi connectivity index (χ2v) is 10.4. The number of thiophene rings is 2. The highest BCUT2D eigenvalue weighted by Gasteiger charge is 2.73. The highest BCUT2D eigenvalue weighted by Crippen LogP contribution is 2.59. The zero-order chi connectivity index (χ0) is 22.3. The van der Waals surface area contributed by atoms with Crippen LogP contribution in [0.5, 0.6) is 0 Å². The number of hydrogen-bond acceptors (Lipinski definition) is 8. The maximum Gasteiger partial charge on any atom is 0.248 e. The molecule has 6 heterocycles. The molecule has 4 amide bonds. The fourth-order valence-electron chi connectivity index (χ4n) is 6.05. The number of likely N-dealkylation sites (tertiary alicyclic amines) is 2. The molecule has 0 unspecified atom stereocenters. The molecule has 6 atom stereocenters. The lowest BCUT2D eigenvalue weighted by Gasteiger charge is -2.34. The van der Waals surface area contributed by atoms with E-state index in [0.29, 0.717) is 13.1 Å². The van der Waals surface area contributed by atoms with E-state index in [-0.39, 0.29) is 23.6 Å². The molecule has 4 aliphatic rings. The van der Waals surface area contributed by atoms with Gasteiger partial charge in [-0.3, -0.25) is 29.0 Å². The average molecular weight is 471 g/mol. The first-order valence-corrected chi connectivity index (χ1v) is 12.6. The van der Waals surface area contributed by atoms with Gasteiger partial charge >= 0.3 is 0 Å². The van der Waals surface area contributed by atoms with Gasteiger partial charge in [0.15, 0.2) is 0 Å². The van der Waals surface area contributed by atoms with E-state index in [1.54, 1.807) is 13.8 Å². The van der Waals surface area contributed by atoms with Crippen LogP contribution in [0.3, 0.4) is 0 Å². The Morgan fingerprint density at radius 3 is 1.38 bits per heavy atom. The van der Waals surface area contributed by atoms with Gasteiger partial charge in [0.25, 0.3) is 0 Å². The molecule has 0 N–H and O–H groups in total. The molecule has 10 heteroatoms. The number of carbonyl (C=O) groups is 4. The minimum atomic E-state index is -0.706. The molecule has 0 aliphatic carbocycles. The lowest BCUT2D eigenvalue weighted by Crippen LogP contribution is -2.49. The summed E-state index contributed by atoms with van der Waals surface area (Å²) >= 11 is 3.03. The van der Waals surface area contributed by atoms with Crippen LogP contribution in [-0.2, 0) is 19.2 Å². The van der Waals surface area contributed by atoms with Gasteiger partial charge in [-0.25, -0.2) is 10.0 Å². The number of imide groups is 2. The number of hydrogen-bond donors (Lipinski definition) is 0. The van der Waals surface area contributed by atoms with Crippen LogP contribution >= 0.6 is 22.7 Å². The van der Waals surface area contributed by atoms with E-state index >= 15 is 0 Å². The first kappa shape index (κ1) is 20.2. The molecule has 4 fully saturated rings. The largest absolute Gasteiger partial charge is 0.281 e. The third-order valence-corrected chi connectivity index (χ3v) is 9.10. The fourth-order valence-corrected chi connectivity index (χ4v) is 7.78. The molecular weight excluding hydrogens is 448 g/mol. The van der Waals surface area contributed by atoms with E-state index in [2.05, 4.69) is 0 Å². The van der Waals surface area contributed by atoms with Crippen LogP contribution in [0.15, 0.2) is 35.0 Å². The smallest absolute Gasteiger partial charge is 0.248 e. The van der Waals surface area contributed by atoms with Gasteiger partial charge in [0.05, 0.1) is 23.9 Å². The van der Waals surface area contributed by atoms with Crippen molar-refractivity contribution in [1.29, 1.82) is 0 Å². The molecule has 4 saturated heterocycles. The van der Waals surface area contributed by atoms with Crippen LogP contribution in [0.2, 0.25) is 0 Å². The lowest BCUT2D eigenvalue weighted by molar-refractivity contribution is -0.152. The Morgan fingerprint density at radius 1 is 0.656 bits per heavy atom. The average Bonchev–Trinajstić information content (AvgIpc) is 3.58. The van der Waals surface area contributed by atoms with E-state index in [0.717, 1.165) is 9.75 Å². The molecule has 166 valence electrons. The monoisotopic (exact) mass is 470 g/mol. The minimum absolute atomic E-state index is 0.194. The van der Waals surface area contributed by atoms with Crippen LogP contribution < -0.4 is 0 Å². The van der Waals surface area contributed by atoms with Gasteiger partial charge < -0.3 is 0 Å². The van der Waals surface area contributed by atoms with Crippen molar-refractivity contribution >= 4 is 46.3 Å². The van der Waals surface area contributed by atoms with E-state index < -0.39 is 36.0 Å². The molecule has 2 aromatic heterocycles. The SMILES string of the molecule is CCN1C(=O)[C@@H]2[C@@H](C1=O)N1[C@H](c3cccs3)[C@H]3C(=O)N(CC)C(=O)[C@H]3N1[C@H]2c1cccs1. The summed E-state index contributed by atoms with van der Waals surface area (Å²) < 4.78 is 0. The standard InChI is InChI=1S/C22H22N4O4S2/c1-3-23-19(27)13-15(11-7-5-9-31-11)26-18-14(20(28)24(4-2)22(18)30)16(12-8-6-10-32-12)25(26)17(13)21(23)29/h5-10,13-18H,3-4H2,1-2H3/t13-,14+,15-,16+,17-,18-/m0/s1. The Kier molecular flexibility index (Phi) is 4.45. The Morgan fingerprint density at radius 2 is 1.06 bits per heavy atom. The quantitative estimate of drug-likeness (QED) is 0.635. The zero-order valence-electron chi connectivity index (χ0n) is 17.6. The van der Waals surface area contributed by atoms with Gasteiger partial charge in [-0.15, -0.1) is 22.7 Å². The van der Waals surface area contributed by atoms with Crippen molar-refractivity contribution in [3.63, 3.8) is 0 Å². The first-order chi connectivity index (χ1) is 15.5. The summed E-state index contributed by atoms with van der Waals surface area (Å²) in [6, 6.07) is 5.44. The van der Waals surface area contributed by atoms with Crippen LogP contribution in [0.1, 0.15) is 35.7 Å². The molecule has 32 heavy (non-hydrogen) atoms. The maximum atomic E-state index is 13.5. The summed E-state index contributed by atoms with van der Waals surface area (Å²) in [5.74, 6) is -2.05. The molecule has 0 saturated carbocycles. The molecule has 4 aliphatic heterocycles. The Bertz CT molecular complexity index is 1030. The Labute approximate surface area is 193 Å². The third kappa shape index (κ3) is 2.33. The van der Waals surface area contributed by atoms with E-state index in [4.69, 9.17) is 0 Å². The Balaban J connectivity index is 1.57. The first-order valence-electron chi connectivity index (χ1n) is 10.8. The van der Waals surface area contributed by atoms with Crippen molar-refractivity contribution in [3.05, 3.63) is 44.8 Å². The van der Waals surface area contributed by atoms with Crippen LogP contribution in [0.4, 0.5) is 0 Å². The summed E-state index contributed by atoms with van der Waals surface area (Å²) in [4.78, 5) is 58.3. The van der Waals surface area contributed by atoms with Gasteiger partial charge in [0, 0.05) is 22.8 Å². The number of carbonyl (C=O) groups excluding carboxylic acids is 4. The fraction of sp³-hybridized carbons (Fsp3) is 0.455. The molecule has 0 bridgehead atoms. The van der Waals surface area contributed by atoms with E-state index in [1.807, 2.05) is 45.0 Å². The van der Waals surface area contributed by atoms with Gasteiger partial charge in [-0.1, -0.05) is 12.1 Å². The topological polar surface area (TPSA) is 81.2 Å². The van der Waals surface area contributed by atoms with Crippen molar-refractivity contribution in [3.8, 4) is 0 Å².